The molecule has 2 aliphatic rings. The van der Waals surface area contributed by atoms with E-state index in [4.69, 9.17) is 8.83 Å². The van der Waals surface area contributed by atoms with Crippen molar-refractivity contribution < 1.29 is 8.83 Å². The van der Waals surface area contributed by atoms with Gasteiger partial charge in [-0.05, 0) is 174 Å². The summed E-state index contributed by atoms with van der Waals surface area (Å²) in [6, 6.07) is 106. The van der Waals surface area contributed by atoms with Crippen molar-refractivity contribution in [2.24, 2.45) is 0 Å². The highest BCUT2D eigenvalue weighted by atomic mass is 16.3. The lowest BCUT2D eigenvalue weighted by molar-refractivity contribution is 0.590. The van der Waals surface area contributed by atoms with Gasteiger partial charge in [-0.15, -0.1) is 0 Å². The zero-order valence-corrected chi connectivity index (χ0v) is 52.8. The fourth-order valence-corrected chi connectivity index (χ4v) is 15.0. The number of hydrogen-bond donors (Lipinski definition) is 0. The van der Waals surface area contributed by atoms with Crippen LogP contribution in [-0.4, -0.2) is 6.71 Å². The summed E-state index contributed by atoms with van der Waals surface area (Å²) in [7, 11) is 0. The Morgan fingerprint density at radius 3 is 1.48 bits per heavy atom. The zero-order valence-electron chi connectivity index (χ0n) is 52.8. The predicted molar refractivity (Wildman–Crippen MR) is 394 cm³/mol. The van der Waals surface area contributed by atoms with Crippen LogP contribution in [0.25, 0.3) is 76.2 Å². The van der Waals surface area contributed by atoms with Crippen LogP contribution in [0.3, 0.4) is 0 Å². The molecule has 6 nitrogen and oxygen atoms in total. The van der Waals surface area contributed by atoms with Gasteiger partial charge in [0.1, 0.15) is 16.7 Å². The Labute approximate surface area is 541 Å². The fraction of sp³-hybridized carbons (Fsp3) is 0.0930. The number of furan rings is 2. The van der Waals surface area contributed by atoms with Crippen LogP contribution in [0.2, 0.25) is 0 Å². The average Bonchev–Trinajstić information content (AvgIpc) is 1.19. The summed E-state index contributed by atoms with van der Waals surface area (Å²) in [5.41, 5.74) is 21.9. The second-order valence-electron chi connectivity index (χ2n) is 27.3. The summed E-state index contributed by atoms with van der Waals surface area (Å²) in [6.45, 7) is 13.5. The molecule has 0 aliphatic carbocycles. The second-order valence-corrected chi connectivity index (χ2v) is 27.3. The molecule has 0 radical (unpaired) electrons. The van der Waals surface area contributed by atoms with Crippen LogP contribution in [0.15, 0.2) is 294 Å². The van der Waals surface area contributed by atoms with Crippen LogP contribution in [0.4, 0.5) is 68.2 Å². The Bertz CT molecular complexity index is 5700. The lowest BCUT2D eigenvalue weighted by Crippen LogP contribution is -2.61. The normalized spacial score (nSPS) is 13.0. The summed E-state index contributed by atoms with van der Waals surface area (Å²) in [4.78, 5) is 9.97. The van der Waals surface area contributed by atoms with Gasteiger partial charge in [0.25, 0.3) is 6.71 Å². The first-order valence-electron chi connectivity index (χ1n) is 32.4. The highest BCUT2D eigenvalue weighted by Crippen LogP contribution is 2.52. The minimum Gasteiger partial charge on any atom is -0.456 e. The van der Waals surface area contributed by atoms with Crippen LogP contribution >= 0.6 is 0 Å². The van der Waals surface area contributed by atoms with E-state index in [0.717, 1.165) is 112 Å². The first-order chi connectivity index (χ1) is 45.4. The Morgan fingerprint density at radius 2 is 0.806 bits per heavy atom. The maximum absolute atomic E-state index is 7.04. The molecule has 2 aliphatic heterocycles. The van der Waals surface area contributed by atoms with E-state index >= 15 is 0 Å². The molecule has 444 valence electrons. The van der Waals surface area contributed by atoms with Gasteiger partial charge >= 0.3 is 0 Å². The van der Waals surface area contributed by atoms with Gasteiger partial charge in [-0.3, -0.25) is 0 Å². The van der Waals surface area contributed by atoms with Gasteiger partial charge in [-0.1, -0.05) is 217 Å². The van der Waals surface area contributed by atoms with Gasteiger partial charge in [0.15, 0.2) is 5.58 Å². The number of hydrogen-bond acceptors (Lipinski definition) is 6. The monoisotopic (exact) mass is 1200 g/mol. The third-order valence-electron chi connectivity index (χ3n) is 19.7. The molecule has 16 aromatic rings. The lowest BCUT2D eigenvalue weighted by atomic mass is 9.33. The third-order valence-corrected chi connectivity index (χ3v) is 19.7. The van der Waals surface area contributed by atoms with Crippen molar-refractivity contribution in [2.75, 3.05) is 19.6 Å². The number of anilines is 12. The number of para-hydroxylation sites is 4. The van der Waals surface area contributed by atoms with Crippen molar-refractivity contribution in [1.29, 1.82) is 0 Å². The summed E-state index contributed by atoms with van der Waals surface area (Å²) >= 11 is 0. The molecule has 0 saturated heterocycles. The SMILES string of the molecule is CC(C)(C)c1ccc(N2c3cc(N(c4ccc5ccc6ccccc6c5c4)c4cccc5c4oc4ccccc45)ccc3B3c4cc5c(cc4N(c4ccc(C(C)(C)C)cc4)c4cc(N(c6ccccc6)c6ccc7ccccc7c6)cc2c43)oc2ccccc25)cc1. The van der Waals surface area contributed by atoms with Gasteiger partial charge in [0, 0.05) is 84.5 Å². The first-order valence-corrected chi connectivity index (χ1v) is 32.4. The van der Waals surface area contributed by atoms with E-state index in [9.17, 15) is 0 Å². The van der Waals surface area contributed by atoms with E-state index in [1.807, 2.05) is 0 Å². The molecule has 0 amide bonds. The summed E-state index contributed by atoms with van der Waals surface area (Å²) in [6.07, 6.45) is 0. The molecule has 0 spiro atoms. The minimum absolute atomic E-state index is 0.0541. The molecule has 14 aromatic carbocycles. The summed E-state index contributed by atoms with van der Waals surface area (Å²) in [5.74, 6) is 0. The van der Waals surface area contributed by atoms with Crippen LogP contribution < -0.4 is 36.0 Å². The van der Waals surface area contributed by atoms with Crippen molar-refractivity contribution >= 4 is 168 Å². The van der Waals surface area contributed by atoms with Crippen molar-refractivity contribution in [3.05, 3.63) is 296 Å². The Hall–Kier alpha value is -11.3. The highest BCUT2D eigenvalue weighted by molar-refractivity contribution is 7.00. The number of benzene rings is 14. The first kappa shape index (κ1) is 54.6. The zero-order chi connectivity index (χ0) is 62.4. The molecule has 7 heteroatoms. The van der Waals surface area contributed by atoms with Gasteiger partial charge in [-0.2, -0.15) is 0 Å². The maximum Gasteiger partial charge on any atom is 0.252 e. The molecule has 0 N–H and O–H groups in total. The molecule has 2 aromatic heterocycles. The molecule has 18 rings (SSSR count). The second kappa shape index (κ2) is 20.6. The fourth-order valence-electron chi connectivity index (χ4n) is 15.0. The maximum atomic E-state index is 7.04. The molecule has 0 bridgehead atoms. The standard InChI is InChI=1S/C86H65BN4O2/c1-85(2,3)58-35-41-61(42-36-58)90-76-49-65(89(75-28-18-27-70-68-25-14-17-30-81(68)93-84(70)75)64-40-34-56-32-31-55-20-12-13-24-67(55)71(56)48-64)45-46-73(76)87-74-52-72-69-26-15-16-29-80(69)92-82(72)53-77(74)91(62-43-37-59(38-44-62)86(4,5)6)79-51-66(50-78(90)83(79)87)88(60-22-8-7-9-23-60)63-39-33-54-19-10-11-21-57(54)47-63/h7-53H,1-6H3. The highest BCUT2D eigenvalue weighted by Gasteiger charge is 2.45. The molecule has 0 saturated carbocycles. The minimum atomic E-state index is -0.235. The van der Waals surface area contributed by atoms with Gasteiger partial charge in [0.2, 0.25) is 0 Å². The van der Waals surface area contributed by atoms with Crippen LogP contribution in [0.5, 0.6) is 0 Å². The van der Waals surface area contributed by atoms with Crippen LogP contribution in [0, 0.1) is 0 Å². The molecule has 0 fully saturated rings. The Balaban J connectivity index is 0.965. The van der Waals surface area contributed by atoms with Crippen LogP contribution in [0.1, 0.15) is 52.7 Å². The lowest BCUT2D eigenvalue weighted by Gasteiger charge is -2.45. The molecule has 0 unspecified atom stereocenters. The van der Waals surface area contributed by atoms with E-state index in [0.29, 0.717) is 0 Å². The van der Waals surface area contributed by atoms with Gasteiger partial charge in [0.05, 0.1) is 11.4 Å². The number of nitrogens with zero attached hydrogens (tertiary/aromatic N) is 4. The molecular formula is C86H65BN4O2. The van der Waals surface area contributed by atoms with E-state index < -0.39 is 0 Å². The van der Waals surface area contributed by atoms with E-state index in [1.54, 1.807) is 0 Å². The van der Waals surface area contributed by atoms with Crippen molar-refractivity contribution in [1.82, 2.24) is 0 Å². The molecule has 93 heavy (non-hydrogen) atoms. The van der Waals surface area contributed by atoms with Crippen molar-refractivity contribution in [3.8, 4) is 0 Å². The van der Waals surface area contributed by atoms with Crippen molar-refractivity contribution in [3.63, 3.8) is 0 Å². The average molecular weight is 1200 g/mol. The van der Waals surface area contributed by atoms with Crippen LogP contribution in [-0.2, 0) is 10.8 Å². The molecule has 0 atom stereocenters. The largest absolute Gasteiger partial charge is 0.456 e. The smallest absolute Gasteiger partial charge is 0.252 e. The number of rotatable bonds is 8. The predicted octanol–water partition coefficient (Wildman–Crippen LogP) is 22.6. The topological polar surface area (TPSA) is 39.2 Å². The van der Waals surface area contributed by atoms with Gasteiger partial charge in [-0.25, -0.2) is 0 Å². The Kier molecular flexibility index (Phi) is 12.1. The number of fused-ring (bicyclic) bond motifs is 14. The van der Waals surface area contributed by atoms with E-state index in [1.165, 1.54) is 59.8 Å². The van der Waals surface area contributed by atoms with E-state index in [2.05, 4.69) is 346 Å². The summed E-state index contributed by atoms with van der Waals surface area (Å²) < 4.78 is 14.0. The van der Waals surface area contributed by atoms with E-state index in [-0.39, 0.29) is 17.5 Å². The van der Waals surface area contributed by atoms with Crippen molar-refractivity contribution in [2.45, 2.75) is 52.4 Å². The Morgan fingerprint density at radius 1 is 0.301 bits per heavy atom. The molecular weight excluding hydrogens is 1130 g/mol. The third kappa shape index (κ3) is 8.78. The molecule has 4 heterocycles. The summed E-state index contributed by atoms with van der Waals surface area (Å²) in [5, 5.41) is 11.5. The quantitative estimate of drug-likeness (QED) is 0.112. The van der Waals surface area contributed by atoms with Gasteiger partial charge < -0.3 is 28.4 Å².